The van der Waals surface area contributed by atoms with Gasteiger partial charge in [-0.25, -0.2) is 17.6 Å². The number of hydrogen-bond acceptors (Lipinski definition) is 5. The van der Waals surface area contributed by atoms with E-state index in [2.05, 4.69) is 5.32 Å². The summed E-state index contributed by atoms with van der Waals surface area (Å²) in [5.74, 6) is -2.14. The first-order valence-electron chi connectivity index (χ1n) is 9.13. The zero-order chi connectivity index (χ0) is 22.5. The smallest absolute Gasteiger partial charge is 0.338 e. The van der Waals surface area contributed by atoms with Crippen LogP contribution >= 0.6 is 11.6 Å². The number of aryl methyl sites for hydroxylation is 1. The molecule has 10 heteroatoms. The highest BCUT2D eigenvalue weighted by Gasteiger charge is 2.25. The van der Waals surface area contributed by atoms with Crippen LogP contribution in [0.3, 0.4) is 0 Å². The molecule has 7 nitrogen and oxygen atoms in total. The molecule has 2 aromatic rings. The monoisotopic (exact) mass is 456 g/mol. The molecule has 0 saturated heterocycles. The van der Waals surface area contributed by atoms with E-state index >= 15 is 0 Å². The second-order valence-electron chi connectivity index (χ2n) is 6.32. The van der Waals surface area contributed by atoms with E-state index in [-0.39, 0.29) is 21.2 Å². The second kappa shape index (κ2) is 10.0. The number of hydrogen-bond donors (Lipinski definition) is 1. The third-order valence-corrected chi connectivity index (χ3v) is 6.77. The second-order valence-corrected chi connectivity index (χ2v) is 8.64. The van der Waals surface area contributed by atoms with E-state index < -0.39 is 34.3 Å². The van der Waals surface area contributed by atoms with Crippen LogP contribution in [-0.4, -0.2) is 44.3 Å². The van der Waals surface area contributed by atoms with Crippen molar-refractivity contribution < 1.29 is 27.1 Å². The van der Waals surface area contributed by atoms with Gasteiger partial charge in [-0.15, -0.1) is 0 Å². The number of anilines is 1. The maximum absolute atomic E-state index is 13.2. The normalized spacial score (nSPS) is 11.4. The molecule has 0 aromatic heterocycles. The van der Waals surface area contributed by atoms with Crippen molar-refractivity contribution in [3.63, 3.8) is 0 Å². The van der Waals surface area contributed by atoms with Gasteiger partial charge in [0.15, 0.2) is 6.61 Å². The Labute approximate surface area is 179 Å². The van der Waals surface area contributed by atoms with Crippen LogP contribution in [0.5, 0.6) is 0 Å². The summed E-state index contributed by atoms with van der Waals surface area (Å²) in [6.07, 6.45) is 0. The number of ether oxygens (including phenoxy) is 1. The van der Waals surface area contributed by atoms with Crippen LogP contribution in [0.2, 0.25) is 5.02 Å². The van der Waals surface area contributed by atoms with Gasteiger partial charge in [-0.2, -0.15) is 4.31 Å². The van der Waals surface area contributed by atoms with Gasteiger partial charge in [0, 0.05) is 18.8 Å². The Morgan fingerprint density at radius 1 is 1.13 bits per heavy atom. The van der Waals surface area contributed by atoms with Crippen molar-refractivity contribution in [2.75, 3.05) is 25.0 Å². The highest BCUT2D eigenvalue weighted by molar-refractivity contribution is 7.89. The van der Waals surface area contributed by atoms with Gasteiger partial charge in [0.2, 0.25) is 10.0 Å². The van der Waals surface area contributed by atoms with Crippen LogP contribution in [0, 0.1) is 12.7 Å². The Hall–Kier alpha value is -2.49. The summed E-state index contributed by atoms with van der Waals surface area (Å²) in [4.78, 5) is 24.3. The van der Waals surface area contributed by atoms with Gasteiger partial charge in [0.05, 0.1) is 15.5 Å². The van der Waals surface area contributed by atoms with Gasteiger partial charge < -0.3 is 10.1 Å². The van der Waals surface area contributed by atoms with Gasteiger partial charge in [-0.3, -0.25) is 4.79 Å². The van der Waals surface area contributed by atoms with E-state index in [9.17, 15) is 22.4 Å². The number of halogens is 2. The number of esters is 1. The number of carbonyl (C=O) groups excluding carboxylic acids is 2. The average molecular weight is 457 g/mol. The van der Waals surface area contributed by atoms with Crippen LogP contribution in [0.1, 0.15) is 29.8 Å². The fourth-order valence-electron chi connectivity index (χ4n) is 2.69. The van der Waals surface area contributed by atoms with Gasteiger partial charge in [0.1, 0.15) is 5.82 Å². The van der Waals surface area contributed by atoms with Gasteiger partial charge in [-0.05, 0) is 42.8 Å². The SMILES string of the molecule is CCN(CC)S(=O)(=O)c1cc(C(=O)OCC(=O)Nc2ccc(F)c(Cl)c2)ccc1C. The largest absolute Gasteiger partial charge is 0.452 e. The zero-order valence-corrected chi connectivity index (χ0v) is 18.3. The molecule has 0 fully saturated rings. The summed E-state index contributed by atoms with van der Waals surface area (Å²) >= 11 is 5.65. The lowest BCUT2D eigenvalue weighted by atomic mass is 10.1. The Bertz CT molecular complexity index is 1060. The predicted octanol–water partition coefficient (Wildman–Crippen LogP) is 3.61. The fraction of sp³-hybridized carbons (Fsp3) is 0.300. The molecule has 0 heterocycles. The minimum atomic E-state index is -3.76. The fourth-order valence-corrected chi connectivity index (χ4v) is 4.58. The molecule has 0 aliphatic rings. The highest BCUT2D eigenvalue weighted by Crippen LogP contribution is 2.22. The standard InChI is InChI=1S/C20H22ClFN2O5S/c1-4-24(5-2)30(27,28)18-10-14(7-6-13(18)3)20(26)29-12-19(25)23-15-8-9-17(22)16(21)11-15/h6-11H,4-5,12H2,1-3H3,(H,23,25). The van der Waals surface area contributed by atoms with E-state index in [0.717, 1.165) is 6.07 Å². The first-order chi connectivity index (χ1) is 14.1. The summed E-state index contributed by atoms with van der Waals surface area (Å²) < 4.78 is 45.0. The Kier molecular flexibility index (Phi) is 7.94. The summed E-state index contributed by atoms with van der Waals surface area (Å²) in [6.45, 7) is 5.05. The van der Waals surface area contributed by atoms with Crippen molar-refractivity contribution in [2.45, 2.75) is 25.7 Å². The number of nitrogens with one attached hydrogen (secondary N) is 1. The van der Waals surface area contributed by atoms with Crippen molar-refractivity contribution >= 4 is 39.2 Å². The Morgan fingerprint density at radius 3 is 2.40 bits per heavy atom. The first-order valence-corrected chi connectivity index (χ1v) is 10.9. The van der Waals surface area contributed by atoms with E-state index in [4.69, 9.17) is 16.3 Å². The van der Waals surface area contributed by atoms with Gasteiger partial charge in [0.25, 0.3) is 5.91 Å². The lowest BCUT2D eigenvalue weighted by molar-refractivity contribution is -0.119. The summed E-state index contributed by atoms with van der Waals surface area (Å²) in [6, 6.07) is 7.80. The molecule has 1 N–H and O–H groups in total. The molecule has 0 aliphatic carbocycles. The highest BCUT2D eigenvalue weighted by atomic mass is 35.5. The molecule has 0 saturated carbocycles. The van der Waals surface area contributed by atoms with E-state index in [1.807, 2.05) is 0 Å². The number of amides is 1. The van der Waals surface area contributed by atoms with Crippen LogP contribution < -0.4 is 5.32 Å². The number of sulfonamides is 1. The quantitative estimate of drug-likeness (QED) is 0.612. The minimum absolute atomic E-state index is 0.00366. The molecule has 162 valence electrons. The number of benzene rings is 2. The van der Waals surface area contributed by atoms with Crippen LogP contribution in [-0.2, 0) is 19.6 Å². The van der Waals surface area contributed by atoms with E-state index in [1.165, 1.54) is 34.6 Å². The van der Waals surface area contributed by atoms with Crippen molar-refractivity contribution in [1.29, 1.82) is 0 Å². The molecular formula is C20H22ClFN2O5S. The third-order valence-electron chi connectivity index (χ3n) is 4.28. The van der Waals surface area contributed by atoms with Crippen LogP contribution in [0.15, 0.2) is 41.3 Å². The average Bonchev–Trinajstić information content (AvgIpc) is 2.70. The first kappa shape index (κ1) is 23.8. The summed E-state index contributed by atoms with van der Waals surface area (Å²) in [7, 11) is -3.76. The van der Waals surface area contributed by atoms with E-state index in [1.54, 1.807) is 20.8 Å². The summed E-state index contributed by atoms with van der Waals surface area (Å²) in [5.41, 5.74) is 0.735. The number of rotatable bonds is 8. The Morgan fingerprint density at radius 2 is 1.80 bits per heavy atom. The number of carbonyl (C=O) groups is 2. The maximum atomic E-state index is 13.2. The third kappa shape index (κ3) is 5.56. The van der Waals surface area contributed by atoms with Crippen molar-refractivity contribution in [3.8, 4) is 0 Å². The number of nitrogens with zero attached hydrogens (tertiary/aromatic N) is 1. The van der Waals surface area contributed by atoms with Crippen molar-refractivity contribution in [2.24, 2.45) is 0 Å². The molecule has 2 rings (SSSR count). The topological polar surface area (TPSA) is 92.8 Å². The van der Waals surface area contributed by atoms with Gasteiger partial charge >= 0.3 is 5.97 Å². The van der Waals surface area contributed by atoms with Crippen LogP contribution in [0.25, 0.3) is 0 Å². The lowest BCUT2D eigenvalue weighted by Gasteiger charge is -2.20. The summed E-state index contributed by atoms with van der Waals surface area (Å²) in [5, 5.41) is 2.26. The molecule has 0 unspecified atom stereocenters. The molecule has 30 heavy (non-hydrogen) atoms. The molecule has 0 bridgehead atoms. The van der Waals surface area contributed by atoms with Crippen molar-refractivity contribution in [3.05, 3.63) is 58.4 Å². The maximum Gasteiger partial charge on any atom is 0.338 e. The zero-order valence-electron chi connectivity index (χ0n) is 16.7. The molecule has 0 spiro atoms. The Balaban J connectivity index is 2.10. The minimum Gasteiger partial charge on any atom is -0.452 e. The molecule has 1 amide bonds. The molecular weight excluding hydrogens is 435 g/mol. The molecule has 0 radical (unpaired) electrons. The van der Waals surface area contributed by atoms with Gasteiger partial charge in [-0.1, -0.05) is 31.5 Å². The molecule has 0 atom stereocenters. The lowest BCUT2D eigenvalue weighted by Crippen LogP contribution is -2.31. The molecule has 2 aromatic carbocycles. The molecule has 0 aliphatic heterocycles. The van der Waals surface area contributed by atoms with E-state index in [0.29, 0.717) is 18.7 Å². The van der Waals surface area contributed by atoms with Crippen molar-refractivity contribution in [1.82, 2.24) is 4.31 Å². The van der Waals surface area contributed by atoms with Crippen LogP contribution in [0.4, 0.5) is 10.1 Å². The predicted molar refractivity (Wildman–Crippen MR) is 112 cm³/mol.